The van der Waals surface area contributed by atoms with Crippen molar-refractivity contribution in [2.45, 2.75) is 26.8 Å². The van der Waals surface area contributed by atoms with Crippen LogP contribution in [0.4, 0.5) is 10.1 Å². The molecule has 0 N–H and O–H groups in total. The zero-order valence-corrected chi connectivity index (χ0v) is 15.3. The van der Waals surface area contributed by atoms with Gasteiger partial charge in [0.1, 0.15) is 5.82 Å². The first-order valence-electron chi connectivity index (χ1n) is 8.73. The second-order valence-corrected chi connectivity index (χ2v) is 6.95. The lowest BCUT2D eigenvalue weighted by Crippen LogP contribution is -2.34. The zero-order valence-electron chi connectivity index (χ0n) is 15.3. The molecule has 26 heavy (non-hydrogen) atoms. The predicted octanol–water partition coefficient (Wildman–Crippen LogP) is 3.45. The molecule has 0 bridgehead atoms. The number of carbonyl (C=O) groups is 2. The third-order valence-corrected chi connectivity index (χ3v) is 5.05. The summed E-state index contributed by atoms with van der Waals surface area (Å²) in [6, 6.07) is 12.0. The number of halogens is 1. The Bertz CT molecular complexity index is 832. The lowest BCUT2D eigenvalue weighted by molar-refractivity contribution is -0.135. The lowest BCUT2D eigenvalue weighted by atomic mass is 10.1. The maximum absolute atomic E-state index is 13.0. The molecule has 0 spiro atoms. The fraction of sp³-hybridized carbons (Fsp3) is 0.333. The van der Waals surface area contributed by atoms with E-state index in [2.05, 4.69) is 0 Å². The van der Waals surface area contributed by atoms with E-state index < -0.39 is 0 Å². The molecule has 1 saturated heterocycles. The monoisotopic (exact) mass is 354 g/mol. The molecule has 3 rings (SSSR count). The van der Waals surface area contributed by atoms with Crippen molar-refractivity contribution in [2.75, 3.05) is 18.5 Å². The molecule has 0 radical (unpaired) electrons. The van der Waals surface area contributed by atoms with Crippen LogP contribution >= 0.6 is 0 Å². The van der Waals surface area contributed by atoms with E-state index in [9.17, 15) is 14.0 Å². The van der Waals surface area contributed by atoms with Crippen molar-refractivity contribution in [3.8, 4) is 0 Å². The van der Waals surface area contributed by atoms with Gasteiger partial charge in [-0.3, -0.25) is 9.59 Å². The second-order valence-electron chi connectivity index (χ2n) is 6.95. The van der Waals surface area contributed by atoms with Gasteiger partial charge < -0.3 is 9.80 Å². The van der Waals surface area contributed by atoms with Crippen molar-refractivity contribution in [3.63, 3.8) is 0 Å². The van der Waals surface area contributed by atoms with E-state index in [0.29, 0.717) is 13.1 Å². The molecule has 2 aromatic carbocycles. The lowest BCUT2D eigenvalue weighted by Gasteiger charge is -2.22. The van der Waals surface area contributed by atoms with Crippen LogP contribution in [0.15, 0.2) is 42.5 Å². The van der Waals surface area contributed by atoms with Crippen LogP contribution in [-0.2, 0) is 16.1 Å². The van der Waals surface area contributed by atoms with Crippen molar-refractivity contribution < 1.29 is 14.0 Å². The average molecular weight is 354 g/mol. The van der Waals surface area contributed by atoms with Gasteiger partial charge in [-0.15, -0.1) is 0 Å². The molecule has 1 aliphatic heterocycles. The number of benzene rings is 2. The number of aryl methyl sites for hydroxylation is 1. The van der Waals surface area contributed by atoms with E-state index in [1.165, 1.54) is 12.1 Å². The van der Waals surface area contributed by atoms with Gasteiger partial charge in [0, 0.05) is 32.2 Å². The Morgan fingerprint density at radius 1 is 1.19 bits per heavy atom. The van der Waals surface area contributed by atoms with Crippen LogP contribution in [0.25, 0.3) is 0 Å². The predicted molar refractivity (Wildman–Crippen MR) is 99.3 cm³/mol. The van der Waals surface area contributed by atoms with E-state index in [4.69, 9.17) is 0 Å². The quantitative estimate of drug-likeness (QED) is 0.844. The molecule has 0 saturated carbocycles. The average Bonchev–Trinajstić information content (AvgIpc) is 3.00. The van der Waals surface area contributed by atoms with Gasteiger partial charge in [-0.2, -0.15) is 0 Å². The molecule has 4 nitrogen and oxygen atoms in total. The molecule has 0 aliphatic carbocycles. The highest BCUT2D eigenvalue weighted by Gasteiger charge is 2.37. The highest BCUT2D eigenvalue weighted by atomic mass is 19.1. The Morgan fingerprint density at radius 3 is 2.58 bits per heavy atom. The van der Waals surface area contributed by atoms with E-state index in [-0.39, 0.29) is 30.0 Å². The normalized spacial score (nSPS) is 16.8. The van der Waals surface area contributed by atoms with Crippen LogP contribution in [0, 0.1) is 25.6 Å². The number of anilines is 1. The maximum Gasteiger partial charge on any atom is 0.228 e. The molecule has 2 amide bonds. The Balaban J connectivity index is 1.70. The Labute approximate surface area is 153 Å². The molecule has 1 aliphatic rings. The van der Waals surface area contributed by atoms with Crippen LogP contribution in [0.5, 0.6) is 0 Å². The Morgan fingerprint density at radius 2 is 1.88 bits per heavy atom. The van der Waals surface area contributed by atoms with Gasteiger partial charge in [-0.1, -0.05) is 24.3 Å². The minimum atomic E-state index is -0.354. The summed E-state index contributed by atoms with van der Waals surface area (Å²) < 4.78 is 13.0. The first-order chi connectivity index (χ1) is 12.4. The number of hydrogen-bond donors (Lipinski definition) is 0. The molecular weight excluding hydrogens is 331 g/mol. The number of carbonyl (C=O) groups excluding carboxylic acids is 2. The highest BCUT2D eigenvalue weighted by molar-refractivity contribution is 6.00. The molecule has 0 aromatic heterocycles. The van der Waals surface area contributed by atoms with Crippen LogP contribution < -0.4 is 4.90 Å². The van der Waals surface area contributed by atoms with E-state index in [1.807, 2.05) is 32.0 Å². The number of nitrogens with zero attached hydrogens (tertiary/aromatic N) is 2. The fourth-order valence-electron chi connectivity index (χ4n) is 3.39. The maximum atomic E-state index is 13.0. The van der Waals surface area contributed by atoms with Gasteiger partial charge in [-0.25, -0.2) is 4.39 Å². The Kier molecular flexibility index (Phi) is 5.07. The van der Waals surface area contributed by atoms with Crippen molar-refractivity contribution in [3.05, 3.63) is 65.0 Å². The van der Waals surface area contributed by atoms with Crippen molar-refractivity contribution in [1.82, 2.24) is 4.90 Å². The highest BCUT2D eigenvalue weighted by Crippen LogP contribution is 2.30. The van der Waals surface area contributed by atoms with Crippen LogP contribution in [-0.4, -0.2) is 30.3 Å². The summed E-state index contributed by atoms with van der Waals surface area (Å²) in [6.45, 7) is 4.80. The van der Waals surface area contributed by atoms with Crippen LogP contribution in [0.1, 0.15) is 23.1 Å². The zero-order chi connectivity index (χ0) is 18.8. The topological polar surface area (TPSA) is 40.6 Å². The number of hydrogen-bond acceptors (Lipinski definition) is 2. The van der Waals surface area contributed by atoms with Gasteiger partial charge in [0.25, 0.3) is 0 Å². The van der Waals surface area contributed by atoms with Crippen molar-refractivity contribution in [2.24, 2.45) is 5.92 Å². The van der Waals surface area contributed by atoms with Crippen LogP contribution in [0.3, 0.4) is 0 Å². The first kappa shape index (κ1) is 18.1. The standard InChI is InChI=1S/C21H23FN2O2/c1-14-5-4-6-19(15(14)2)24-13-17(11-20(24)25)21(26)23(3)12-16-7-9-18(22)10-8-16/h4-10,17H,11-13H2,1-3H3. The summed E-state index contributed by atoms with van der Waals surface area (Å²) in [5, 5.41) is 0. The van der Waals surface area contributed by atoms with Gasteiger partial charge >= 0.3 is 0 Å². The first-order valence-corrected chi connectivity index (χ1v) is 8.73. The molecule has 1 atom stereocenters. The third-order valence-electron chi connectivity index (χ3n) is 5.05. The summed E-state index contributed by atoms with van der Waals surface area (Å²) in [6.07, 6.45) is 0.222. The molecule has 1 fully saturated rings. The molecule has 136 valence electrons. The minimum Gasteiger partial charge on any atom is -0.341 e. The summed E-state index contributed by atoms with van der Waals surface area (Å²) in [4.78, 5) is 28.6. The van der Waals surface area contributed by atoms with E-state index in [0.717, 1.165) is 22.4 Å². The number of rotatable bonds is 4. The Hall–Kier alpha value is -2.69. The summed E-state index contributed by atoms with van der Waals surface area (Å²) in [5.74, 6) is -0.733. The van der Waals surface area contributed by atoms with Gasteiger partial charge in [0.2, 0.25) is 11.8 Å². The third kappa shape index (κ3) is 3.62. The summed E-state index contributed by atoms with van der Waals surface area (Å²) >= 11 is 0. The van der Waals surface area contributed by atoms with Crippen LogP contribution in [0.2, 0.25) is 0 Å². The summed E-state index contributed by atoms with van der Waals surface area (Å²) in [5.41, 5.74) is 3.93. The number of amides is 2. The molecule has 2 aromatic rings. The molecule has 1 heterocycles. The second kappa shape index (κ2) is 7.28. The fourth-order valence-corrected chi connectivity index (χ4v) is 3.39. The van der Waals surface area contributed by atoms with E-state index in [1.54, 1.807) is 29.0 Å². The SMILES string of the molecule is Cc1cccc(N2CC(C(=O)N(C)Cc3ccc(F)cc3)CC2=O)c1C. The van der Waals surface area contributed by atoms with Gasteiger partial charge in [0.05, 0.1) is 5.92 Å². The molecular formula is C21H23FN2O2. The molecule has 1 unspecified atom stereocenters. The van der Waals surface area contributed by atoms with Crippen molar-refractivity contribution in [1.29, 1.82) is 0 Å². The summed E-state index contributed by atoms with van der Waals surface area (Å²) in [7, 11) is 1.72. The molecule has 5 heteroatoms. The minimum absolute atomic E-state index is 0.0211. The van der Waals surface area contributed by atoms with Crippen molar-refractivity contribution >= 4 is 17.5 Å². The van der Waals surface area contributed by atoms with Gasteiger partial charge in [-0.05, 0) is 48.7 Å². The van der Waals surface area contributed by atoms with E-state index >= 15 is 0 Å². The largest absolute Gasteiger partial charge is 0.341 e. The van der Waals surface area contributed by atoms with Gasteiger partial charge in [0.15, 0.2) is 0 Å². The smallest absolute Gasteiger partial charge is 0.228 e.